The Kier molecular flexibility index (Phi) is 3.90. The van der Waals surface area contributed by atoms with Crippen LogP contribution >= 0.6 is 0 Å². The fourth-order valence-electron chi connectivity index (χ4n) is 2.32. The normalized spacial score (nSPS) is 12.4. The van der Waals surface area contributed by atoms with Crippen molar-refractivity contribution in [1.29, 1.82) is 0 Å². The van der Waals surface area contributed by atoms with Crippen LogP contribution in [0.25, 0.3) is 11.3 Å². The quantitative estimate of drug-likeness (QED) is 0.887. The highest BCUT2D eigenvalue weighted by Gasteiger charge is 2.18. The van der Waals surface area contributed by atoms with Crippen molar-refractivity contribution >= 4 is 5.97 Å². The van der Waals surface area contributed by atoms with Crippen LogP contribution < -0.4 is 5.73 Å². The number of carboxylic acids is 1. The summed E-state index contributed by atoms with van der Waals surface area (Å²) in [6.07, 6.45) is 2.10. The zero-order valence-corrected chi connectivity index (χ0v) is 11.9. The molecule has 0 spiro atoms. The standard InChI is InChI=1S/C15H19N3O2/c1-9-4-5-12(10(2)6-9)14-11(8-18(3)17-14)7-13(16)15(19)20/h4-6,8,13H,7,16H2,1-3H3,(H,19,20). The number of aryl methyl sites for hydroxylation is 3. The van der Waals surface area contributed by atoms with Gasteiger partial charge in [0.25, 0.3) is 0 Å². The van der Waals surface area contributed by atoms with Gasteiger partial charge in [-0.05, 0) is 19.4 Å². The molecule has 106 valence electrons. The molecule has 1 aromatic carbocycles. The number of rotatable bonds is 4. The number of aromatic nitrogens is 2. The third-order valence-corrected chi connectivity index (χ3v) is 3.30. The van der Waals surface area contributed by atoms with Crippen LogP contribution in [0.1, 0.15) is 16.7 Å². The van der Waals surface area contributed by atoms with Crippen LogP contribution in [0.15, 0.2) is 24.4 Å². The summed E-state index contributed by atoms with van der Waals surface area (Å²) in [5.41, 5.74) is 10.6. The summed E-state index contributed by atoms with van der Waals surface area (Å²) in [5.74, 6) is -1.000. The van der Waals surface area contributed by atoms with Gasteiger partial charge in [-0.1, -0.05) is 23.8 Å². The van der Waals surface area contributed by atoms with Gasteiger partial charge < -0.3 is 10.8 Å². The molecule has 1 heterocycles. The highest BCUT2D eigenvalue weighted by molar-refractivity contribution is 5.75. The van der Waals surface area contributed by atoms with Gasteiger partial charge in [0.15, 0.2) is 0 Å². The van der Waals surface area contributed by atoms with Crippen LogP contribution in [0.4, 0.5) is 0 Å². The average molecular weight is 273 g/mol. The van der Waals surface area contributed by atoms with E-state index in [0.29, 0.717) is 0 Å². The average Bonchev–Trinajstić information content (AvgIpc) is 2.70. The monoisotopic (exact) mass is 273 g/mol. The molecule has 0 amide bonds. The molecule has 0 radical (unpaired) electrons. The molecule has 5 nitrogen and oxygen atoms in total. The molecule has 0 aliphatic carbocycles. The molecular formula is C15H19N3O2. The third kappa shape index (κ3) is 2.88. The van der Waals surface area contributed by atoms with E-state index in [0.717, 1.165) is 22.4 Å². The van der Waals surface area contributed by atoms with Crippen LogP contribution in [-0.2, 0) is 18.3 Å². The van der Waals surface area contributed by atoms with Crippen LogP contribution in [0.5, 0.6) is 0 Å². The highest BCUT2D eigenvalue weighted by atomic mass is 16.4. The summed E-state index contributed by atoms with van der Waals surface area (Å²) in [6, 6.07) is 5.22. The Morgan fingerprint density at radius 3 is 2.75 bits per heavy atom. The predicted molar refractivity (Wildman–Crippen MR) is 77.4 cm³/mol. The maximum atomic E-state index is 10.9. The number of aliphatic carboxylic acids is 1. The van der Waals surface area contributed by atoms with Crippen molar-refractivity contribution < 1.29 is 9.90 Å². The number of nitrogens with two attached hydrogens (primary N) is 1. The molecular weight excluding hydrogens is 254 g/mol. The Balaban J connectivity index is 2.44. The van der Waals surface area contributed by atoms with E-state index in [4.69, 9.17) is 10.8 Å². The van der Waals surface area contributed by atoms with Crippen LogP contribution in [0.2, 0.25) is 0 Å². The Morgan fingerprint density at radius 1 is 1.45 bits per heavy atom. The number of nitrogens with zero attached hydrogens (tertiary/aromatic N) is 2. The Hall–Kier alpha value is -2.14. The molecule has 20 heavy (non-hydrogen) atoms. The van der Waals surface area contributed by atoms with Gasteiger partial charge in [0, 0.05) is 30.8 Å². The van der Waals surface area contributed by atoms with E-state index < -0.39 is 12.0 Å². The molecule has 0 aliphatic heterocycles. The fourth-order valence-corrected chi connectivity index (χ4v) is 2.32. The number of hydrogen-bond donors (Lipinski definition) is 2. The van der Waals surface area contributed by atoms with E-state index in [-0.39, 0.29) is 6.42 Å². The van der Waals surface area contributed by atoms with Crippen molar-refractivity contribution in [2.75, 3.05) is 0 Å². The summed E-state index contributed by atoms with van der Waals surface area (Å²) in [7, 11) is 1.82. The van der Waals surface area contributed by atoms with Gasteiger partial charge in [-0.2, -0.15) is 5.10 Å². The Bertz CT molecular complexity index is 647. The molecule has 3 N–H and O–H groups in total. The lowest BCUT2D eigenvalue weighted by Gasteiger charge is -2.09. The molecule has 2 rings (SSSR count). The Labute approximate surface area is 118 Å². The minimum Gasteiger partial charge on any atom is -0.480 e. The first kappa shape index (κ1) is 14.3. The highest BCUT2D eigenvalue weighted by Crippen LogP contribution is 2.26. The molecule has 2 aromatic rings. The van der Waals surface area contributed by atoms with Crippen LogP contribution in [-0.4, -0.2) is 26.9 Å². The largest absolute Gasteiger partial charge is 0.480 e. The molecule has 1 aromatic heterocycles. The second-order valence-corrected chi connectivity index (χ2v) is 5.14. The van der Waals surface area contributed by atoms with Crippen molar-refractivity contribution in [2.24, 2.45) is 12.8 Å². The number of carboxylic acid groups (broad SMARTS) is 1. The SMILES string of the molecule is Cc1ccc(-c2nn(C)cc2CC(N)C(=O)O)c(C)c1. The first-order chi connectivity index (χ1) is 9.38. The minimum atomic E-state index is -1.000. The zero-order chi connectivity index (χ0) is 14.9. The Morgan fingerprint density at radius 2 is 2.15 bits per heavy atom. The van der Waals surface area contributed by atoms with Crippen molar-refractivity contribution in [2.45, 2.75) is 26.3 Å². The molecule has 0 aliphatic rings. The van der Waals surface area contributed by atoms with Gasteiger partial charge in [-0.25, -0.2) is 0 Å². The van der Waals surface area contributed by atoms with Crippen molar-refractivity contribution in [3.63, 3.8) is 0 Å². The van der Waals surface area contributed by atoms with Crippen LogP contribution in [0, 0.1) is 13.8 Å². The lowest BCUT2D eigenvalue weighted by molar-refractivity contribution is -0.138. The fraction of sp³-hybridized carbons (Fsp3) is 0.333. The minimum absolute atomic E-state index is 0.270. The van der Waals surface area contributed by atoms with E-state index in [1.807, 2.05) is 39.2 Å². The maximum Gasteiger partial charge on any atom is 0.320 e. The maximum absolute atomic E-state index is 10.9. The zero-order valence-electron chi connectivity index (χ0n) is 11.9. The van der Waals surface area contributed by atoms with Crippen molar-refractivity contribution in [1.82, 2.24) is 9.78 Å². The van der Waals surface area contributed by atoms with Gasteiger partial charge in [-0.15, -0.1) is 0 Å². The predicted octanol–water partition coefficient (Wildman–Crippen LogP) is 1.66. The number of carbonyl (C=O) groups is 1. The topological polar surface area (TPSA) is 81.1 Å². The second-order valence-electron chi connectivity index (χ2n) is 5.14. The molecule has 0 bridgehead atoms. The number of benzene rings is 1. The second kappa shape index (κ2) is 5.46. The summed E-state index contributed by atoms with van der Waals surface area (Å²) in [5, 5.41) is 13.4. The van der Waals surface area contributed by atoms with Crippen molar-refractivity contribution in [3.8, 4) is 11.3 Å². The van der Waals surface area contributed by atoms with E-state index >= 15 is 0 Å². The van der Waals surface area contributed by atoms with E-state index in [9.17, 15) is 4.79 Å². The first-order valence-corrected chi connectivity index (χ1v) is 6.47. The molecule has 1 unspecified atom stereocenters. The summed E-state index contributed by atoms with van der Waals surface area (Å²) >= 11 is 0. The summed E-state index contributed by atoms with van der Waals surface area (Å²) in [4.78, 5) is 10.9. The van der Waals surface area contributed by atoms with Gasteiger partial charge in [0.05, 0.1) is 5.69 Å². The van der Waals surface area contributed by atoms with Gasteiger partial charge in [-0.3, -0.25) is 9.48 Å². The summed E-state index contributed by atoms with van der Waals surface area (Å²) in [6.45, 7) is 4.06. The molecule has 0 saturated heterocycles. The molecule has 0 saturated carbocycles. The van der Waals surface area contributed by atoms with Crippen LogP contribution in [0.3, 0.4) is 0 Å². The smallest absolute Gasteiger partial charge is 0.320 e. The van der Waals surface area contributed by atoms with Gasteiger partial charge >= 0.3 is 5.97 Å². The van der Waals surface area contributed by atoms with E-state index in [1.54, 1.807) is 4.68 Å². The molecule has 5 heteroatoms. The van der Waals surface area contributed by atoms with E-state index in [1.165, 1.54) is 5.56 Å². The van der Waals surface area contributed by atoms with Gasteiger partial charge in [0.2, 0.25) is 0 Å². The molecule has 0 fully saturated rings. The van der Waals surface area contributed by atoms with E-state index in [2.05, 4.69) is 11.2 Å². The number of hydrogen-bond acceptors (Lipinski definition) is 3. The molecule has 1 atom stereocenters. The lowest BCUT2D eigenvalue weighted by atomic mass is 9.98. The summed E-state index contributed by atoms with van der Waals surface area (Å²) < 4.78 is 1.69. The van der Waals surface area contributed by atoms with Gasteiger partial charge in [0.1, 0.15) is 6.04 Å². The first-order valence-electron chi connectivity index (χ1n) is 6.47. The third-order valence-electron chi connectivity index (χ3n) is 3.30. The lowest BCUT2D eigenvalue weighted by Crippen LogP contribution is -2.32. The van der Waals surface area contributed by atoms with Crippen molar-refractivity contribution in [3.05, 3.63) is 41.1 Å².